The number of benzene rings is 1. The van der Waals surface area contributed by atoms with Crippen LogP contribution in [0.4, 0.5) is 0 Å². The Morgan fingerprint density at radius 3 is 2.81 bits per heavy atom. The molecule has 2 rings (SSSR count). The maximum Gasteiger partial charge on any atom is 0.120 e. The molecule has 0 atom stereocenters. The first-order valence-electron chi connectivity index (χ1n) is 5.29. The minimum Gasteiger partial charge on any atom is -0.303 e. The predicted octanol–water partition coefficient (Wildman–Crippen LogP) is 2.87. The van der Waals surface area contributed by atoms with Crippen LogP contribution in [0, 0.1) is 0 Å². The van der Waals surface area contributed by atoms with Crippen LogP contribution in [0.5, 0.6) is 0 Å². The van der Waals surface area contributed by atoms with Gasteiger partial charge in [-0.3, -0.25) is 0 Å². The molecule has 1 heterocycles. The number of carbonyl (C=O) groups is 1. The van der Waals surface area contributed by atoms with Crippen LogP contribution in [0.15, 0.2) is 35.7 Å². The summed E-state index contributed by atoms with van der Waals surface area (Å²) in [5.41, 5.74) is 2.31. The summed E-state index contributed by atoms with van der Waals surface area (Å²) < 4.78 is 0. The van der Waals surface area contributed by atoms with Crippen LogP contribution in [0.25, 0.3) is 0 Å². The molecule has 0 aliphatic carbocycles. The molecule has 0 radical (unpaired) electrons. The molecule has 2 aromatic rings. The van der Waals surface area contributed by atoms with Gasteiger partial charge in [0.1, 0.15) is 6.29 Å². The Hall–Kier alpha value is -1.48. The van der Waals surface area contributed by atoms with Crippen molar-refractivity contribution in [3.63, 3.8) is 0 Å². The lowest BCUT2D eigenvalue weighted by Gasteiger charge is -1.96. The highest BCUT2D eigenvalue weighted by molar-refractivity contribution is 7.09. The van der Waals surface area contributed by atoms with Gasteiger partial charge in [0, 0.05) is 18.2 Å². The van der Waals surface area contributed by atoms with Crippen molar-refractivity contribution in [2.75, 3.05) is 0 Å². The van der Waals surface area contributed by atoms with Gasteiger partial charge in [0.15, 0.2) is 0 Å². The van der Waals surface area contributed by atoms with E-state index in [1.165, 1.54) is 5.56 Å². The number of aldehydes is 1. The van der Waals surface area contributed by atoms with Crippen LogP contribution in [-0.4, -0.2) is 11.3 Å². The van der Waals surface area contributed by atoms with E-state index in [0.717, 1.165) is 29.8 Å². The van der Waals surface area contributed by atoms with Gasteiger partial charge in [0.2, 0.25) is 0 Å². The number of rotatable bonds is 5. The second kappa shape index (κ2) is 5.56. The molecule has 0 unspecified atom stereocenters. The van der Waals surface area contributed by atoms with E-state index in [9.17, 15) is 4.79 Å². The Labute approximate surface area is 99.0 Å². The van der Waals surface area contributed by atoms with Crippen molar-refractivity contribution in [1.29, 1.82) is 0 Å². The molecule has 0 aliphatic rings. The van der Waals surface area contributed by atoms with Gasteiger partial charge in [-0.1, -0.05) is 30.3 Å². The van der Waals surface area contributed by atoms with Gasteiger partial charge in [-0.2, -0.15) is 0 Å². The van der Waals surface area contributed by atoms with E-state index in [-0.39, 0.29) is 0 Å². The molecule has 0 saturated heterocycles. The quantitative estimate of drug-likeness (QED) is 0.741. The van der Waals surface area contributed by atoms with Gasteiger partial charge in [-0.05, 0) is 12.0 Å². The van der Waals surface area contributed by atoms with Gasteiger partial charge in [-0.15, -0.1) is 11.3 Å². The first kappa shape index (κ1) is 11.0. The van der Waals surface area contributed by atoms with Gasteiger partial charge in [0.05, 0.1) is 10.7 Å². The Bertz CT molecular complexity index is 450. The molecule has 0 spiro atoms. The summed E-state index contributed by atoms with van der Waals surface area (Å²) in [6.45, 7) is 0. The molecule has 16 heavy (non-hydrogen) atoms. The summed E-state index contributed by atoms with van der Waals surface area (Å²) in [5, 5.41) is 3.16. The second-order valence-electron chi connectivity index (χ2n) is 3.60. The average molecular weight is 231 g/mol. The summed E-state index contributed by atoms with van der Waals surface area (Å²) in [5.74, 6) is 0. The Balaban J connectivity index is 2.00. The maximum absolute atomic E-state index is 10.3. The van der Waals surface area contributed by atoms with Crippen LogP contribution in [-0.2, 0) is 17.6 Å². The molecule has 0 bridgehead atoms. The lowest BCUT2D eigenvalue weighted by Crippen LogP contribution is -1.89. The molecule has 2 nitrogen and oxygen atoms in total. The van der Waals surface area contributed by atoms with Crippen molar-refractivity contribution in [2.45, 2.75) is 19.3 Å². The van der Waals surface area contributed by atoms with E-state index in [0.29, 0.717) is 6.42 Å². The van der Waals surface area contributed by atoms with Crippen LogP contribution in [0.3, 0.4) is 0 Å². The summed E-state index contributed by atoms with van der Waals surface area (Å²) in [7, 11) is 0. The van der Waals surface area contributed by atoms with Gasteiger partial charge < -0.3 is 4.79 Å². The molecule has 0 fully saturated rings. The number of nitrogens with zero attached hydrogens (tertiary/aromatic N) is 1. The highest BCUT2D eigenvalue weighted by atomic mass is 32.1. The van der Waals surface area contributed by atoms with Crippen LogP contribution in [0.1, 0.15) is 22.7 Å². The van der Waals surface area contributed by atoms with E-state index >= 15 is 0 Å². The molecule has 0 amide bonds. The van der Waals surface area contributed by atoms with Crippen LogP contribution < -0.4 is 0 Å². The van der Waals surface area contributed by atoms with Crippen molar-refractivity contribution >= 4 is 17.6 Å². The monoisotopic (exact) mass is 231 g/mol. The third-order valence-corrected chi connectivity index (χ3v) is 3.21. The summed E-state index contributed by atoms with van der Waals surface area (Å²) >= 11 is 1.67. The largest absolute Gasteiger partial charge is 0.303 e. The first-order valence-corrected chi connectivity index (χ1v) is 6.17. The number of aryl methyl sites for hydroxylation is 1. The molecule has 0 aliphatic heterocycles. The van der Waals surface area contributed by atoms with Crippen molar-refractivity contribution in [3.05, 3.63) is 52.0 Å². The zero-order chi connectivity index (χ0) is 11.2. The Morgan fingerprint density at radius 2 is 2.06 bits per heavy atom. The molecule has 0 saturated carbocycles. The van der Waals surface area contributed by atoms with Crippen LogP contribution >= 0.6 is 11.3 Å². The SMILES string of the molecule is O=CCCc1csc(Cc2ccccc2)n1. The third kappa shape index (κ3) is 3.00. The summed E-state index contributed by atoms with van der Waals surface area (Å²) in [6.07, 6.45) is 3.14. The lowest BCUT2D eigenvalue weighted by atomic mass is 10.2. The van der Waals surface area contributed by atoms with Crippen LogP contribution in [0.2, 0.25) is 0 Å². The van der Waals surface area contributed by atoms with Crippen molar-refractivity contribution in [1.82, 2.24) is 4.98 Å². The van der Waals surface area contributed by atoms with E-state index < -0.39 is 0 Å². The summed E-state index contributed by atoms with van der Waals surface area (Å²) in [4.78, 5) is 14.8. The average Bonchev–Trinajstić information content (AvgIpc) is 2.75. The van der Waals surface area contributed by atoms with E-state index in [4.69, 9.17) is 0 Å². The van der Waals surface area contributed by atoms with E-state index in [2.05, 4.69) is 17.1 Å². The van der Waals surface area contributed by atoms with Gasteiger partial charge in [-0.25, -0.2) is 4.98 Å². The van der Waals surface area contributed by atoms with E-state index in [1.807, 2.05) is 23.6 Å². The smallest absolute Gasteiger partial charge is 0.120 e. The minimum absolute atomic E-state index is 0.564. The third-order valence-electron chi connectivity index (χ3n) is 2.32. The van der Waals surface area contributed by atoms with Crippen molar-refractivity contribution < 1.29 is 4.79 Å². The number of aromatic nitrogens is 1. The second-order valence-corrected chi connectivity index (χ2v) is 4.54. The number of thiazole rings is 1. The fraction of sp³-hybridized carbons (Fsp3) is 0.231. The number of hydrogen-bond acceptors (Lipinski definition) is 3. The molecule has 82 valence electrons. The van der Waals surface area contributed by atoms with Crippen molar-refractivity contribution in [3.8, 4) is 0 Å². The highest BCUT2D eigenvalue weighted by Crippen LogP contribution is 2.15. The minimum atomic E-state index is 0.564. The topological polar surface area (TPSA) is 30.0 Å². The molecule has 3 heteroatoms. The van der Waals surface area contributed by atoms with E-state index in [1.54, 1.807) is 11.3 Å². The number of carbonyl (C=O) groups excluding carboxylic acids is 1. The molecule has 1 aromatic heterocycles. The first-order chi connectivity index (χ1) is 7.88. The zero-order valence-electron chi connectivity index (χ0n) is 8.93. The molecular formula is C13H13NOS. The fourth-order valence-corrected chi connectivity index (χ4v) is 2.38. The standard InChI is InChI=1S/C13H13NOS/c15-8-4-7-12-10-16-13(14-12)9-11-5-2-1-3-6-11/h1-3,5-6,8,10H,4,7,9H2. The van der Waals surface area contributed by atoms with Gasteiger partial charge >= 0.3 is 0 Å². The zero-order valence-corrected chi connectivity index (χ0v) is 9.74. The normalized spacial score (nSPS) is 10.2. The Morgan fingerprint density at radius 1 is 1.25 bits per heavy atom. The predicted molar refractivity (Wildman–Crippen MR) is 65.7 cm³/mol. The molecule has 0 N–H and O–H groups in total. The number of hydrogen-bond donors (Lipinski definition) is 0. The molecular weight excluding hydrogens is 218 g/mol. The molecule has 1 aromatic carbocycles. The fourth-order valence-electron chi connectivity index (χ4n) is 1.52. The maximum atomic E-state index is 10.3. The Kier molecular flexibility index (Phi) is 3.83. The van der Waals surface area contributed by atoms with Gasteiger partial charge in [0.25, 0.3) is 0 Å². The lowest BCUT2D eigenvalue weighted by molar-refractivity contribution is -0.107. The summed E-state index contributed by atoms with van der Waals surface area (Å²) in [6, 6.07) is 10.3. The van der Waals surface area contributed by atoms with Crippen molar-refractivity contribution in [2.24, 2.45) is 0 Å². The highest BCUT2D eigenvalue weighted by Gasteiger charge is 2.02.